The molecule has 0 spiro atoms. The van der Waals surface area contributed by atoms with E-state index in [2.05, 4.69) is 15.9 Å². The van der Waals surface area contributed by atoms with Gasteiger partial charge < -0.3 is 5.73 Å². The number of carbonyl (C=O) groups is 1. The number of thioether (sulfide) groups is 1. The average molecular weight is 223 g/mol. The molecule has 5 heteroatoms. The fraction of sp³-hybridized carbons (Fsp3) is 0.400. The molecule has 1 aliphatic heterocycles. The zero-order chi connectivity index (χ0) is 7.56. The van der Waals surface area contributed by atoms with E-state index in [0.29, 0.717) is 5.33 Å². The molecule has 1 unspecified atom stereocenters. The Bertz CT molecular complexity index is 173. The number of carbonyl (C=O) groups excluding carboxylic acids is 1. The second-order valence-corrected chi connectivity index (χ2v) is 3.33. The number of nitrogens with zero attached hydrogens (tertiary/aromatic N) is 1. The van der Waals surface area contributed by atoms with Crippen LogP contribution >= 0.6 is 27.7 Å². The molecule has 0 saturated heterocycles. The molecule has 1 amide bonds. The maximum Gasteiger partial charge on any atom is 0.239 e. The molecule has 56 valence electrons. The van der Waals surface area contributed by atoms with E-state index in [-0.39, 0.29) is 11.4 Å². The minimum atomic E-state index is -0.231. The van der Waals surface area contributed by atoms with Crippen molar-refractivity contribution in [3.05, 3.63) is 11.6 Å². The van der Waals surface area contributed by atoms with E-state index in [0.717, 1.165) is 0 Å². The van der Waals surface area contributed by atoms with E-state index < -0.39 is 0 Å². The van der Waals surface area contributed by atoms with Crippen LogP contribution in [0.15, 0.2) is 11.6 Å². The Balaban J connectivity index is 2.55. The summed E-state index contributed by atoms with van der Waals surface area (Å²) >= 11 is 4.49. The lowest BCUT2D eigenvalue weighted by Crippen LogP contribution is -2.37. The van der Waals surface area contributed by atoms with Gasteiger partial charge in [0, 0.05) is 6.20 Å². The van der Waals surface area contributed by atoms with Crippen LogP contribution in [0, 0.1) is 0 Å². The quantitative estimate of drug-likeness (QED) is 0.664. The summed E-state index contributed by atoms with van der Waals surface area (Å²) in [6, 6.07) is 0. The number of alkyl halides is 1. The second-order valence-electron chi connectivity index (χ2n) is 1.75. The van der Waals surface area contributed by atoms with Gasteiger partial charge in [-0.1, -0.05) is 27.7 Å². The first kappa shape index (κ1) is 8.10. The molecular formula is C5H7BrN2OS. The molecule has 1 aliphatic rings. The van der Waals surface area contributed by atoms with Crippen molar-refractivity contribution in [1.29, 1.82) is 0 Å². The van der Waals surface area contributed by atoms with Gasteiger partial charge in [0.15, 0.2) is 0 Å². The molecule has 10 heavy (non-hydrogen) atoms. The summed E-state index contributed by atoms with van der Waals surface area (Å²) in [6.45, 7) is 0. The topological polar surface area (TPSA) is 46.3 Å². The largest absolute Gasteiger partial charge is 0.302 e. The SMILES string of the molecule is NC1SC=CN1C(=O)CBr. The van der Waals surface area contributed by atoms with Crippen LogP contribution in [0.2, 0.25) is 0 Å². The predicted octanol–water partition coefficient (Wildman–Crippen LogP) is 0.670. The minimum Gasteiger partial charge on any atom is -0.302 e. The Morgan fingerprint density at radius 2 is 2.60 bits per heavy atom. The highest BCUT2D eigenvalue weighted by atomic mass is 79.9. The monoisotopic (exact) mass is 222 g/mol. The van der Waals surface area contributed by atoms with E-state index in [9.17, 15) is 4.79 Å². The lowest BCUT2D eigenvalue weighted by atomic mass is 10.6. The van der Waals surface area contributed by atoms with Crippen molar-refractivity contribution in [2.45, 2.75) is 5.50 Å². The number of rotatable bonds is 1. The number of amides is 1. The van der Waals surface area contributed by atoms with Gasteiger partial charge in [0.25, 0.3) is 0 Å². The van der Waals surface area contributed by atoms with Gasteiger partial charge in [0.05, 0.1) is 5.33 Å². The smallest absolute Gasteiger partial charge is 0.239 e. The van der Waals surface area contributed by atoms with E-state index in [1.54, 1.807) is 6.20 Å². The maximum absolute atomic E-state index is 11.0. The fourth-order valence-electron chi connectivity index (χ4n) is 0.626. The maximum atomic E-state index is 11.0. The van der Waals surface area contributed by atoms with Crippen molar-refractivity contribution in [3.8, 4) is 0 Å². The first-order valence-electron chi connectivity index (χ1n) is 2.70. The Labute approximate surface area is 71.8 Å². The third-order valence-corrected chi connectivity index (χ3v) is 2.38. The van der Waals surface area contributed by atoms with Gasteiger partial charge in [-0.05, 0) is 5.41 Å². The summed E-state index contributed by atoms with van der Waals surface area (Å²) in [5, 5.41) is 2.14. The van der Waals surface area contributed by atoms with Crippen molar-refractivity contribution in [1.82, 2.24) is 4.90 Å². The molecule has 0 aromatic heterocycles. The number of hydrogen-bond acceptors (Lipinski definition) is 3. The van der Waals surface area contributed by atoms with E-state index in [1.807, 2.05) is 5.41 Å². The van der Waals surface area contributed by atoms with Crippen molar-refractivity contribution in [2.24, 2.45) is 5.73 Å². The van der Waals surface area contributed by atoms with Gasteiger partial charge in [0.2, 0.25) is 5.91 Å². The van der Waals surface area contributed by atoms with Gasteiger partial charge in [-0.15, -0.1) is 0 Å². The lowest BCUT2D eigenvalue weighted by Gasteiger charge is -2.17. The Morgan fingerprint density at radius 3 is 3.00 bits per heavy atom. The molecule has 1 atom stereocenters. The van der Waals surface area contributed by atoms with Gasteiger partial charge in [-0.3, -0.25) is 9.69 Å². The van der Waals surface area contributed by atoms with Crippen molar-refractivity contribution in [3.63, 3.8) is 0 Å². The van der Waals surface area contributed by atoms with Crippen LogP contribution < -0.4 is 5.73 Å². The zero-order valence-electron chi connectivity index (χ0n) is 5.16. The van der Waals surface area contributed by atoms with Crippen molar-refractivity contribution >= 4 is 33.6 Å². The van der Waals surface area contributed by atoms with Gasteiger partial charge in [0.1, 0.15) is 5.50 Å². The number of hydrogen-bond donors (Lipinski definition) is 1. The third kappa shape index (κ3) is 1.53. The highest BCUT2D eigenvalue weighted by Crippen LogP contribution is 2.20. The van der Waals surface area contributed by atoms with Gasteiger partial charge in [-0.2, -0.15) is 0 Å². The molecule has 0 fully saturated rings. The number of nitrogens with two attached hydrogens (primary N) is 1. The van der Waals surface area contributed by atoms with Crippen molar-refractivity contribution in [2.75, 3.05) is 5.33 Å². The zero-order valence-corrected chi connectivity index (χ0v) is 7.56. The summed E-state index contributed by atoms with van der Waals surface area (Å²) in [7, 11) is 0. The van der Waals surface area contributed by atoms with Gasteiger partial charge >= 0.3 is 0 Å². The van der Waals surface area contributed by atoms with E-state index >= 15 is 0 Å². The molecule has 0 bridgehead atoms. The molecule has 1 heterocycles. The Morgan fingerprint density at radius 1 is 1.90 bits per heavy atom. The molecule has 0 aromatic carbocycles. The van der Waals surface area contributed by atoms with Crippen LogP contribution in [-0.2, 0) is 4.79 Å². The fourth-order valence-corrected chi connectivity index (χ4v) is 1.60. The lowest BCUT2D eigenvalue weighted by molar-refractivity contribution is -0.126. The van der Waals surface area contributed by atoms with E-state index in [1.165, 1.54) is 16.7 Å². The van der Waals surface area contributed by atoms with Crippen LogP contribution in [-0.4, -0.2) is 21.6 Å². The molecule has 1 rings (SSSR count). The van der Waals surface area contributed by atoms with Crippen molar-refractivity contribution < 1.29 is 4.79 Å². The first-order chi connectivity index (χ1) is 4.75. The predicted molar refractivity (Wildman–Crippen MR) is 45.3 cm³/mol. The molecule has 3 nitrogen and oxygen atoms in total. The minimum absolute atomic E-state index is 0.00579. The van der Waals surface area contributed by atoms with Crippen LogP contribution in [0.5, 0.6) is 0 Å². The van der Waals surface area contributed by atoms with Crippen LogP contribution in [0.4, 0.5) is 0 Å². The molecule has 0 aromatic rings. The molecule has 0 radical (unpaired) electrons. The Kier molecular flexibility index (Phi) is 2.76. The van der Waals surface area contributed by atoms with Gasteiger partial charge in [-0.25, -0.2) is 0 Å². The Hall–Kier alpha value is -0.0000000000000000555. The molecule has 0 aliphatic carbocycles. The third-order valence-electron chi connectivity index (χ3n) is 1.12. The number of halogens is 1. The van der Waals surface area contributed by atoms with Crippen LogP contribution in [0.25, 0.3) is 0 Å². The summed E-state index contributed by atoms with van der Waals surface area (Å²) in [6.07, 6.45) is 1.69. The second kappa shape index (κ2) is 3.41. The molecule has 2 N–H and O–H groups in total. The standard InChI is InChI=1S/C5H7BrN2OS/c6-3-4(9)8-1-2-10-5(8)7/h1-2,5H,3,7H2. The van der Waals surface area contributed by atoms with Crippen LogP contribution in [0.3, 0.4) is 0 Å². The van der Waals surface area contributed by atoms with Crippen LogP contribution in [0.1, 0.15) is 0 Å². The molecule has 0 saturated carbocycles. The normalized spacial score (nSPS) is 23.8. The summed E-state index contributed by atoms with van der Waals surface area (Å²) in [5.74, 6) is -0.00579. The summed E-state index contributed by atoms with van der Waals surface area (Å²) in [5.41, 5.74) is 5.31. The highest BCUT2D eigenvalue weighted by molar-refractivity contribution is 9.09. The average Bonchev–Trinajstić information content (AvgIpc) is 2.34. The summed E-state index contributed by atoms with van der Waals surface area (Å²) in [4.78, 5) is 12.5. The molecular weight excluding hydrogens is 216 g/mol. The van der Waals surface area contributed by atoms with E-state index in [4.69, 9.17) is 5.73 Å². The highest BCUT2D eigenvalue weighted by Gasteiger charge is 2.20. The first-order valence-corrected chi connectivity index (χ1v) is 4.77. The summed E-state index contributed by atoms with van der Waals surface area (Å²) < 4.78 is 0.